The minimum Gasteiger partial charge on any atom is -0.469 e. The van der Waals surface area contributed by atoms with Crippen molar-refractivity contribution in [2.45, 2.75) is 34.6 Å². The van der Waals surface area contributed by atoms with E-state index in [1.807, 2.05) is 34.6 Å². The zero-order valence-electron chi connectivity index (χ0n) is 10.8. The molecule has 90 valence electrons. The van der Waals surface area contributed by atoms with Gasteiger partial charge in [0.05, 0.1) is 19.1 Å². The summed E-state index contributed by atoms with van der Waals surface area (Å²) in [5, 5.41) is 0. The molecule has 0 bridgehead atoms. The summed E-state index contributed by atoms with van der Waals surface area (Å²) in [7, 11) is 1.44. The van der Waals surface area contributed by atoms with Crippen LogP contribution in [-0.4, -0.2) is 26.3 Å². The second-order valence-corrected chi connectivity index (χ2v) is 4.48. The Balaban J connectivity index is 4.99. The zero-order valence-corrected chi connectivity index (χ0v) is 10.8. The first kappa shape index (κ1) is 14.4. The first-order valence-corrected chi connectivity index (χ1v) is 5.59. The van der Waals surface area contributed by atoms with E-state index in [1.54, 1.807) is 0 Å². The van der Waals surface area contributed by atoms with E-state index in [9.17, 15) is 4.79 Å². The van der Waals surface area contributed by atoms with Gasteiger partial charge in [-0.15, -0.1) is 0 Å². The van der Waals surface area contributed by atoms with Crippen LogP contribution in [-0.2, 0) is 14.3 Å². The Morgan fingerprint density at radius 3 is 1.93 bits per heavy atom. The summed E-state index contributed by atoms with van der Waals surface area (Å²) in [6, 6.07) is 0. The van der Waals surface area contributed by atoms with Crippen molar-refractivity contribution in [2.75, 3.05) is 20.3 Å². The van der Waals surface area contributed by atoms with Crippen molar-refractivity contribution in [1.29, 1.82) is 0 Å². The number of hydrogen-bond acceptors (Lipinski definition) is 3. The maximum Gasteiger partial charge on any atom is 0.314 e. The van der Waals surface area contributed by atoms with Crippen LogP contribution in [0.3, 0.4) is 0 Å². The Morgan fingerprint density at radius 1 is 1.20 bits per heavy atom. The molecule has 0 N–H and O–H groups in total. The van der Waals surface area contributed by atoms with Crippen molar-refractivity contribution in [3.8, 4) is 0 Å². The van der Waals surface area contributed by atoms with Crippen molar-refractivity contribution in [2.24, 2.45) is 17.3 Å². The number of methoxy groups -OCH3 is 1. The smallest absolute Gasteiger partial charge is 0.314 e. The molecule has 0 aliphatic carbocycles. The van der Waals surface area contributed by atoms with Gasteiger partial charge in [-0.3, -0.25) is 4.79 Å². The summed E-state index contributed by atoms with van der Waals surface area (Å²) in [5.41, 5.74) is -0.523. The van der Waals surface area contributed by atoms with Crippen LogP contribution in [0.4, 0.5) is 0 Å². The molecule has 0 saturated carbocycles. The van der Waals surface area contributed by atoms with Gasteiger partial charge in [0.1, 0.15) is 0 Å². The van der Waals surface area contributed by atoms with Crippen LogP contribution < -0.4 is 0 Å². The third-order valence-corrected chi connectivity index (χ3v) is 3.17. The minimum atomic E-state index is -0.523. The first-order valence-electron chi connectivity index (χ1n) is 5.59. The lowest BCUT2D eigenvalue weighted by Crippen LogP contribution is -2.46. The van der Waals surface area contributed by atoms with Crippen molar-refractivity contribution in [3.63, 3.8) is 0 Å². The molecule has 0 aliphatic heterocycles. The molecule has 0 aromatic heterocycles. The third-order valence-electron chi connectivity index (χ3n) is 3.17. The van der Waals surface area contributed by atoms with Crippen LogP contribution in [0.2, 0.25) is 0 Å². The van der Waals surface area contributed by atoms with Crippen molar-refractivity contribution < 1.29 is 14.3 Å². The summed E-state index contributed by atoms with van der Waals surface area (Å²) in [6.07, 6.45) is 0. The van der Waals surface area contributed by atoms with E-state index in [4.69, 9.17) is 9.47 Å². The minimum absolute atomic E-state index is 0.166. The quantitative estimate of drug-likeness (QED) is 0.640. The van der Waals surface area contributed by atoms with E-state index >= 15 is 0 Å². The maximum atomic E-state index is 11.9. The fraction of sp³-hybridized carbons (Fsp3) is 0.917. The van der Waals surface area contributed by atoms with Crippen LogP contribution >= 0.6 is 0 Å². The lowest BCUT2D eigenvalue weighted by Gasteiger charge is -2.37. The summed E-state index contributed by atoms with van der Waals surface area (Å²) in [4.78, 5) is 11.9. The van der Waals surface area contributed by atoms with E-state index in [0.29, 0.717) is 13.2 Å². The molecule has 0 atom stereocenters. The molecule has 0 saturated heterocycles. The van der Waals surface area contributed by atoms with Crippen LogP contribution in [0.1, 0.15) is 34.6 Å². The Bertz CT molecular complexity index is 189. The fourth-order valence-corrected chi connectivity index (χ4v) is 1.99. The number of carbonyl (C=O) groups excluding carboxylic acids is 1. The number of carbonyl (C=O) groups is 1. The molecule has 0 fully saturated rings. The van der Waals surface area contributed by atoms with E-state index < -0.39 is 5.41 Å². The molecule has 0 amide bonds. The topological polar surface area (TPSA) is 35.5 Å². The highest BCUT2D eigenvalue weighted by atomic mass is 16.5. The normalized spacial score (nSPS) is 12.3. The number of hydrogen-bond donors (Lipinski definition) is 0. The number of esters is 1. The molecular formula is C12H24O3. The highest BCUT2D eigenvalue weighted by Gasteiger charge is 2.45. The molecule has 0 unspecified atom stereocenters. The van der Waals surface area contributed by atoms with E-state index in [0.717, 1.165) is 0 Å². The van der Waals surface area contributed by atoms with E-state index in [-0.39, 0.29) is 17.8 Å². The van der Waals surface area contributed by atoms with E-state index in [2.05, 4.69) is 0 Å². The van der Waals surface area contributed by atoms with Gasteiger partial charge < -0.3 is 9.47 Å². The summed E-state index contributed by atoms with van der Waals surface area (Å²) < 4.78 is 10.4. The average molecular weight is 216 g/mol. The molecule has 0 spiro atoms. The molecule has 3 heteroatoms. The average Bonchev–Trinajstić information content (AvgIpc) is 2.17. The highest BCUT2D eigenvalue weighted by molar-refractivity contribution is 5.77. The highest BCUT2D eigenvalue weighted by Crippen LogP contribution is 2.37. The van der Waals surface area contributed by atoms with Crippen LogP contribution in [0, 0.1) is 17.3 Å². The van der Waals surface area contributed by atoms with Gasteiger partial charge in [-0.25, -0.2) is 0 Å². The Morgan fingerprint density at radius 2 is 1.67 bits per heavy atom. The van der Waals surface area contributed by atoms with Crippen LogP contribution in [0.25, 0.3) is 0 Å². The lowest BCUT2D eigenvalue weighted by molar-refractivity contribution is -0.165. The van der Waals surface area contributed by atoms with Crippen molar-refractivity contribution >= 4 is 5.97 Å². The largest absolute Gasteiger partial charge is 0.469 e. The number of ether oxygens (including phenoxy) is 2. The molecule has 0 radical (unpaired) electrons. The molecule has 0 aromatic rings. The number of rotatable bonds is 6. The second-order valence-electron chi connectivity index (χ2n) is 4.48. The molecule has 0 aromatic carbocycles. The second kappa shape index (κ2) is 6.11. The van der Waals surface area contributed by atoms with Gasteiger partial charge in [0, 0.05) is 6.61 Å². The summed E-state index contributed by atoms with van der Waals surface area (Å²) in [6.45, 7) is 11.1. The van der Waals surface area contributed by atoms with Gasteiger partial charge in [-0.2, -0.15) is 0 Å². The maximum absolute atomic E-state index is 11.9. The molecule has 0 heterocycles. The fourth-order valence-electron chi connectivity index (χ4n) is 1.99. The first-order chi connectivity index (χ1) is 6.93. The van der Waals surface area contributed by atoms with Crippen LogP contribution in [0.5, 0.6) is 0 Å². The lowest BCUT2D eigenvalue weighted by atomic mass is 9.69. The van der Waals surface area contributed by atoms with Crippen LogP contribution in [0.15, 0.2) is 0 Å². The predicted octanol–water partition coefficient (Wildman–Crippen LogP) is 2.49. The Kier molecular flexibility index (Phi) is 5.88. The van der Waals surface area contributed by atoms with Gasteiger partial charge in [0.15, 0.2) is 0 Å². The van der Waals surface area contributed by atoms with Gasteiger partial charge in [0.25, 0.3) is 0 Å². The zero-order chi connectivity index (χ0) is 12.1. The summed E-state index contributed by atoms with van der Waals surface area (Å²) in [5.74, 6) is 0.244. The Hall–Kier alpha value is -0.570. The standard InChI is InChI=1S/C12H24O3/c1-7-15-8-12(9(2)3,10(4)5)11(13)14-6/h9-10H,7-8H2,1-6H3. The van der Waals surface area contributed by atoms with Crippen molar-refractivity contribution in [1.82, 2.24) is 0 Å². The predicted molar refractivity (Wildman–Crippen MR) is 60.6 cm³/mol. The Labute approximate surface area is 93.1 Å². The summed E-state index contributed by atoms with van der Waals surface area (Å²) >= 11 is 0. The van der Waals surface area contributed by atoms with Gasteiger partial charge >= 0.3 is 5.97 Å². The van der Waals surface area contributed by atoms with Gasteiger partial charge in [-0.05, 0) is 18.8 Å². The monoisotopic (exact) mass is 216 g/mol. The van der Waals surface area contributed by atoms with E-state index in [1.165, 1.54) is 7.11 Å². The molecule has 0 aliphatic rings. The SMILES string of the molecule is CCOCC(C(=O)OC)(C(C)C)C(C)C. The van der Waals surface area contributed by atoms with Crippen molar-refractivity contribution in [3.05, 3.63) is 0 Å². The molecular weight excluding hydrogens is 192 g/mol. The molecule has 3 nitrogen and oxygen atoms in total. The molecule has 0 rings (SSSR count). The van der Waals surface area contributed by atoms with Gasteiger partial charge in [0.2, 0.25) is 0 Å². The van der Waals surface area contributed by atoms with Gasteiger partial charge in [-0.1, -0.05) is 27.7 Å². The third kappa shape index (κ3) is 2.94. The molecule has 15 heavy (non-hydrogen) atoms.